The van der Waals surface area contributed by atoms with E-state index < -0.39 is 0 Å². The zero-order valence-electron chi connectivity index (χ0n) is 12.1. The van der Waals surface area contributed by atoms with Gasteiger partial charge in [-0.3, -0.25) is 10.1 Å². The van der Waals surface area contributed by atoms with Gasteiger partial charge in [0.25, 0.3) is 5.69 Å². The van der Waals surface area contributed by atoms with Gasteiger partial charge >= 0.3 is 0 Å². The standard InChI is InChI=1S/C16H19BrN2O2/c1-3-12-9-15(16(19(20)21)10-14(12)17)18-13(4-2)8-11-6-5-7-11/h2,9-11,13,18H,3,5-8H2,1H3. The Labute approximate surface area is 133 Å². The molecule has 21 heavy (non-hydrogen) atoms. The first kappa shape index (κ1) is 15.8. The van der Waals surface area contributed by atoms with Gasteiger partial charge < -0.3 is 5.32 Å². The molecule has 1 saturated carbocycles. The first-order chi connectivity index (χ1) is 10.0. The van der Waals surface area contributed by atoms with E-state index in [0.717, 1.165) is 22.9 Å². The van der Waals surface area contributed by atoms with E-state index in [1.807, 2.05) is 13.0 Å². The average Bonchev–Trinajstić information content (AvgIpc) is 2.42. The minimum Gasteiger partial charge on any atom is -0.366 e. The van der Waals surface area contributed by atoms with E-state index in [1.54, 1.807) is 6.07 Å². The van der Waals surface area contributed by atoms with Crippen LogP contribution in [0.4, 0.5) is 11.4 Å². The molecule has 0 spiro atoms. The van der Waals surface area contributed by atoms with Crippen LogP contribution in [0.3, 0.4) is 0 Å². The highest BCUT2D eigenvalue weighted by atomic mass is 79.9. The molecule has 112 valence electrons. The predicted octanol–water partition coefficient (Wildman–Crippen LogP) is 4.52. The summed E-state index contributed by atoms with van der Waals surface area (Å²) < 4.78 is 0.763. The van der Waals surface area contributed by atoms with Crippen molar-refractivity contribution in [2.75, 3.05) is 5.32 Å². The van der Waals surface area contributed by atoms with Crippen LogP contribution in [0.25, 0.3) is 0 Å². The molecule has 2 rings (SSSR count). The van der Waals surface area contributed by atoms with Gasteiger partial charge in [-0.1, -0.05) is 48.0 Å². The van der Waals surface area contributed by atoms with Crippen LogP contribution >= 0.6 is 15.9 Å². The second kappa shape index (κ2) is 6.95. The average molecular weight is 351 g/mol. The fourth-order valence-electron chi connectivity index (χ4n) is 2.56. The summed E-state index contributed by atoms with van der Waals surface area (Å²) >= 11 is 3.38. The van der Waals surface area contributed by atoms with E-state index >= 15 is 0 Å². The van der Waals surface area contributed by atoms with Gasteiger partial charge in [0.05, 0.1) is 11.0 Å². The van der Waals surface area contributed by atoms with Gasteiger partial charge in [-0.2, -0.15) is 0 Å². The number of hydrogen-bond donors (Lipinski definition) is 1. The van der Waals surface area contributed by atoms with Crippen LogP contribution in [0, 0.1) is 28.4 Å². The van der Waals surface area contributed by atoms with E-state index in [1.165, 1.54) is 19.3 Å². The topological polar surface area (TPSA) is 55.2 Å². The summed E-state index contributed by atoms with van der Waals surface area (Å²) in [5.74, 6) is 3.37. The van der Waals surface area contributed by atoms with Crippen LogP contribution in [0.5, 0.6) is 0 Å². The summed E-state index contributed by atoms with van der Waals surface area (Å²) in [6.07, 6.45) is 11.0. The SMILES string of the molecule is C#CC(CC1CCC1)Nc1cc(CC)c(Br)cc1[N+](=O)[O-]. The largest absolute Gasteiger partial charge is 0.366 e. The van der Waals surface area contributed by atoms with E-state index in [4.69, 9.17) is 6.42 Å². The highest BCUT2D eigenvalue weighted by Gasteiger charge is 2.23. The zero-order valence-corrected chi connectivity index (χ0v) is 13.6. The van der Waals surface area contributed by atoms with Crippen molar-refractivity contribution in [2.24, 2.45) is 5.92 Å². The monoisotopic (exact) mass is 350 g/mol. The number of nitrogens with one attached hydrogen (secondary N) is 1. The first-order valence-electron chi connectivity index (χ1n) is 7.24. The van der Waals surface area contributed by atoms with Gasteiger partial charge in [-0.15, -0.1) is 6.42 Å². The summed E-state index contributed by atoms with van der Waals surface area (Å²) in [4.78, 5) is 10.9. The molecule has 0 bridgehead atoms. The van der Waals surface area contributed by atoms with Gasteiger partial charge in [0.15, 0.2) is 0 Å². The Bertz CT molecular complexity index is 576. The van der Waals surface area contributed by atoms with Crippen molar-refractivity contribution in [3.05, 3.63) is 32.3 Å². The summed E-state index contributed by atoms with van der Waals surface area (Å²) in [5.41, 5.74) is 1.61. The molecule has 1 aliphatic rings. The van der Waals surface area contributed by atoms with Crippen molar-refractivity contribution >= 4 is 27.3 Å². The molecule has 1 fully saturated rings. The maximum atomic E-state index is 11.2. The van der Waals surface area contributed by atoms with Crippen molar-refractivity contribution in [1.29, 1.82) is 0 Å². The number of terminal acetylenes is 1. The van der Waals surface area contributed by atoms with E-state index in [9.17, 15) is 10.1 Å². The smallest absolute Gasteiger partial charge is 0.293 e. The number of hydrogen-bond acceptors (Lipinski definition) is 3. The molecule has 1 aromatic carbocycles. The van der Waals surface area contributed by atoms with Crippen molar-refractivity contribution < 1.29 is 4.92 Å². The summed E-state index contributed by atoms with van der Waals surface area (Å²) in [6, 6.07) is 3.23. The number of benzene rings is 1. The molecule has 1 atom stereocenters. The third-order valence-corrected chi connectivity index (χ3v) is 4.81. The fraction of sp³-hybridized carbons (Fsp3) is 0.500. The van der Waals surface area contributed by atoms with Crippen molar-refractivity contribution in [3.63, 3.8) is 0 Å². The number of anilines is 1. The lowest BCUT2D eigenvalue weighted by atomic mass is 9.81. The van der Waals surface area contributed by atoms with E-state index in [-0.39, 0.29) is 16.7 Å². The maximum absolute atomic E-state index is 11.2. The Balaban J connectivity index is 2.23. The molecule has 1 aliphatic carbocycles. The van der Waals surface area contributed by atoms with Crippen molar-refractivity contribution in [1.82, 2.24) is 0 Å². The van der Waals surface area contributed by atoms with Crippen LogP contribution in [-0.2, 0) is 6.42 Å². The molecule has 0 saturated heterocycles. The molecule has 4 nitrogen and oxygen atoms in total. The molecule has 0 amide bonds. The lowest BCUT2D eigenvalue weighted by Gasteiger charge is -2.28. The number of halogens is 1. The van der Waals surface area contributed by atoms with Gasteiger partial charge in [0.2, 0.25) is 0 Å². The minimum atomic E-state index is -0.372. The minimum absolute atomic E-state index is 0.0629. The van der Waals surface area contributed by atoms with Crippen LogP contribution in [-0.4, -0.2) is 11.0 Å². The molecule has 5 heteroatoms. The molecule has 0 aliphatic heterocycles. The Hall–Kier alpha value is -1.54. The molecule has 0 heterocycles. The van der Waals surface area contributed by atoms with Crippen LogP contribution in [0.1, 0.15) is 38.2 Å². The lowest BCUT2D eigenvalue weighted by molar-refractivity contribution is -0.384. The Kier molecular flexibility index (Phi) is 5.24. The van der Waals surface area contributed by atoms with Crippen molar-refractivity contribution in [2.45, 2.75) is 45.1 Å². The zero-order chi connectivity index (χ0) is 15.4. The second-order valence-corrected chi connectivity index (χ2v) is 6.32. The molecule has 0 radical (unpaired) electrons. The third kappa shape index (κ3) is 3.76. The van der Waals surface area contributed by atoms with E-state index in [2.05, 4.69) is 27.2 Å². The normalized spacial score (nSPS) is 15.9. The van der Waals surface area contributed by atoms with E-state index in [0.29, 0.717) is 11.6 Å². The van der Waals surface area contributed by atoms with Gasteiger partial charge in [0.1, 0.15) is 5.69 Å². The van der Waals surface area contributed by atoms with Crippen LogP contribution in [0.15, 0.2) is 16.6 Å². The molecular weight excluding hydrogens is 332 g/mol. The quantitative estimate of drug-likeness (QED) is 0.466. The summed E-state index contributed by atoms with van der Waals surface area (Å²) in [6.45, 7) is 2.02. The number of nitrogens with zero attached hydrogens (tertiary/aromatic N) is 1. The van der Waals surface area contributed by atoms with Gasteiger partial charge in [-0.05, 0) is 30.4 Å². The molecule has 1 N–H and O–H groups in total. The predicted molar refractivity (Wildman–Crippen MR) is 88.4 cm³/mol. The Morgan fingerprint density at radius 3 is 2.76 bits per heavy atom. The number of nitro benzene ring substituents is 1. The Morgan fingerprint density at radius 2 is 2.29 bits per heavy atom. The number of nitro groups is 1. The fourth-order valence-corrected chi connectivity index (χ4v) is 3.18. The first-order valence-corrected chi connectivity index (χ1v) is 8.04. The van der Waals surface area contributed by atoms with Crippen LogP contribution < -0.4 is 5.32 Å². The van der Waals surface area contributed by atoms with Gasteiger partial charge in [0, 0.05) is 10.5 Å². The number of rotatable bonds is 6. The highest BCUT2D eigenvalue weighted by molar-refractivity contribution is 9.10. The van der Waals surface area contributed by atoms with Crippen molar-refractivity contribution in [3.8, 4) is 12.3 Å². The number of aryl methyl sites for hydroxylation is 1. The lowest BCUT2D eigenvalue weighted by Crippen LogP contribution is -2.25. The summed E-state index contributed by atoms with van der Waals surface area (Å²) in [7, 11) is 0. The molecule has 1 aromatic rings. The van der Waals surface area contributed by atoms with Gasteiger partial charge in [-0.25, -0.2) is 0 Å². The third-order valence-electron chi connectivity index (χ3n) is 4.07. The maximum Gasteiger partial charge on any atom is 0.293 e. The summed E-state index contributed by atoms with van der Waals surface area (Å²) in [5, 5.41) is 14.4. The molecule has 0 aromatic heterocycles. The highest BCUT2D eigenvalue weighted by Crippen LogP contribution is 2.34. The Morgan fingerprint density at radius 1 is 1.57 bits per heavy atom. The molecular formula is C16H19BrN2O2. The second-order valence-electron chi connectivity index (χ2n) is 5.47. The molecule has 1 unspecified atom stereocenters. The van der Waals surface area contributed by atoms with Crippen LogP contribution in [0.2, 0.25) is 0 Å².